The van der Waals surface area contributed by atoms with Crippen molar-refractivity contribution in [2.75, 3.05) is 5.73 Å². The standard InChI is InChI=1S/C9H10FNO2/c1-5-2-3-6(4-10)8(11)7(5)9(12)13/h2-3H,4,11H2,1H3,(H,12,13). The zero-order valence-corrected chi connectivity index (χ0v) is 7.17. The van der Waals surface area contributed by atoms with E-state index in [9.17, 15) is 9.18 Å². The number of aryl methyl sites for hydroxylation is 1. The smallest absolute Gasteiger partial charge is 0.338 e. The fourth-order valence-corrected chi connectivity index (χ4v) is 1.17. The van der Waals surface area contributed by atoms with Gasteiger partial charge in [-0.05, 0) is 12.5 Å². The van der Waals surface area contributed by atoms with Crippen LogP contribution < -0.4 is 5.73 Å². The number of hydrogen-bond donors (Lipinski definition) is 2. The molecule has 1 rings (SSSR count). The first-order chi connectivity index (χ1) is 6.07. The molecule has 0 aromatic heterocycles. The van der Waals surface area contributed by atoms with Crippen LogP contribution in [-0.4, -0.2) is 11.1 Å². The first kappa shape index (κ1) is 9.51. The van der Waals surface area contributed by atoms with Crippen molar-refractivity contribution in [2.45, 2.75) is 13.6 Å². The molecule has 0 atom stereocenters. The minimum absolute atomic E-state index is 0.00449. The van der Waals surface area contributed by atoms with Gasteiger partial charge < -0.3 is 10.8 Å². The maximum absolute atomic E-state index is 12.3. The van der Waals surface area contributed by atoms with Crippen molar-refractivity contribution in [1.82, 2.24) is 0 Å². The molecule has 4 heteroatoms. The van der Waals surface area contributed by atoms with Gasteiger partial charge in [-0.25, -0.2) is 9.18 Å². The minimum atomic E-state index is -1.12. The molecule has 0 aliphatic carbocycles. The van der Waals surface area contributed by atoms with Gasteiger partial charge in [-0.15, -0.1) is 0 Å². The SMILES string of the molecule is Cc1ccc(CF)c(N)c1C(=O)O. The van der Waals surface area contributed by atoms with Gasteiger partial charge in [-0.3, -0.25) is 0 Å². The molecule has 0 aliphatic rings. The van der Waals surface area contributed by atoms with Crippen molar-refractivity contribution in [1.29, 1.82) is 0 Å². The van der Waals surface area contributed by atoms with Gasteiger partial charge in [0.25, 0.3) is 0 Å². The fraction of sp³-hybridized carbons (Fsp3) is 0.222. The summed E-state index contributed by atoms with van der Waals surface area (Å²) in [4.78, 5) is 10.7. The van der Waals surface area contributed by atoms with E-state index in [1.165, 1.54) is 6.07 Å². The number of alkyl halides is 1. The van der Waals surface area contributed by atoms with Crippen LogP contribution in [0.25, 0.3) is 0 Å². The van der Waals surface area contributed by atoms with Gasteiger partial charge in [0, 0.05) is 5.56 Å². The number of carboxylic acid groups (broad SMARTS) is 1. The van der Waals surface area contributed by atoms with Crippen LogP contribution in [-0.2, 0) is 6.67 Å². The van der Waals surface area contributed by atoms with E-state index in [0.29, 0.717) is 5.56 Å². The average molecular weight is 183 g/mol. The second-order valence-electron chi connectivity index (χ2n) is 2.77. The van der Waals surface area contributed by atoms with Crippen LogP contribution in [0.3, 0.4) is 0 Å². The summed E-state index contributed by atoms with van der Waals surface area (Å²) in [5.41, 5.74) is 6.26. The molecule has 0 unspecified atom stereocenters. The third kappa shape index (κ3) is 1.61. The molecule has 0 radical (unpaired) electrons. The summed E-state index contributed by atoms with van der Waals surface area (Å²) in [6, 6.07) is 3.05. The number of nitrogens with two attached hydrogens (primary N) is 1. The molecule has 70 valence electrons. The Balaban J connectivity index is 3.38. The quantitative estimate of drug-likeness (QED) is 0.686. The Kier molecular flexibility index (Phi) is 2.51. The molecule has 0 saturated carbocycles. The van der Waals surface area contributed by atoms with E-state index in [0.717, 1.165) is 0 Å². The molecule has 0 heterocycles. The van der Waals surface area contributed by atoms with E-state index in [1.54, 1.807) is 13.0 Å². The Morgan fingerprint density at radius 2 is 2.23 bits per heavy atom. The molecule has 0 aliphatic heterocycles. The highest BCUT2D eigenvalue weighted by molar-refractivity contribution is 5.96. The van der Waals surface area contributed by atoms with Gasteiger partial charge in [-0.2, -0.15) is 0 Å². The summed E-state index contributed by atoms with van der Waals surface area (Å²) in [7, 11) is 0. The number of aromatic carboxylic acids is 1. The number of nitrogen functional groups attached to an aromatic ring is 1. The predicted molar refractivity (Wildman–Crippen MR) is 47.4 cm³/mol. The van der Waals surface area contributed by atoms with Crippen molar-refractivity contribution in [2.24, 2.45) is 0 Å². The molecule has 1 aromatic rings. The summed E-state index contributed by atoms with van der Waals surface area (Å²) >= 11 is 0. The summed E-state index contributed by atoms with van der Waals surface area (Å²) in [5.74, 6) is -1.12. The Morgan fingerprint density at radius 1 is 1.62 bits per heavy atom. The lowest BCUT2D eigenvalue weighted by atomic mass is 10.0. The maximum atomic E-state index is 12.3. The number of anilines is 1. The van der Waals surface area contributed by atoms with Crippen LogP contribution in [0.4, 0.5) is 10.1 Å². The van der Waals surface area contributed by atoms with E-state index >= 15 is 0 Å². The Labute approximate surface area is 75.0 Å². The molecule has 0 fully saturated rings. The Bertz CT molecular complexity index is 350. The number of hydrogen-bond acceptors (Lipinski definition) is 2. The molecule has 13 heavy (non-hydrogen) atoms. The number of carbonyl (C=O) groups is 1. The van der Waals surface area contributed by atoms with Crippen LogP contribution in [0.2, 0.25) is 0 Å². The van der Waals surface area contributed by atoms with E-state index in [4.69, 9.17) is 10.8 Å². The first-order valence-corrected chi connectivity index (χ1v) is 3.75. The summed E-state index contributed by atoms with van der Waals surface area (Å²) in [5, 5.41) is 8.76. The third-order valence-corrected chi connectivity index (χ3v) is 1.90. The topological polar surface area (TPSA) is 63.3 Å². The van der Waals surface area contributed by atoms with Gasteiger partial charge in [0.05, 0.1) is 11.3 Å². The van der Waals surface area contributed by atoms with Crippen molar-refractivity contribution in [3.05, 3.63) is 28.8 Å². The predicted octanol–water partition coefficient (Wildman–Crippen LogP) is 1.74. The molecular weight excluding hydrogens is 173 g/mol. The molecule has 0 amide bonds. The average Bonchev–Trinajstić information content (AvgIpc) is 2.04. The number of halogens is 1. The van der Waals surface area contributed by atoms with Gasteiger partial charge >= 0.3 is 5.97 Å². The van der Waals surface area contributed by atoms with E-state index in [2.05, 4.69) is 0 Å². The summed E-state index contributed by atoms with van der Waals surface area (Å²) < 4.78 is 12.3. The largest absolute Gasteiger partial charge is 0.478 e. The third-order valence-electron chi connectivity index (χ3n) is 1.90. The normalized spacial score (nSPS) is 10.0. The van der Waals surface area contributed by atoms with Gasteiger partial charge in [-0.1, -0.05) is 12.1 Å². The maximum Gasteiger partial charge on any atom is 0.338 e. The van der Waals surface area contributed by atoms with Crippen LogP contribution in [0.1, 0.15) is 21.5 Å². The lowest BCUT2D eigenvalue weighted by Gasteiger charge is -2.07. The zero-order chi connectivity index (χ0) is 10.0. The number of carboxylic acids is 1. The highest BCUT2D eigenvalue weighted by Gasteiger charge is 2.13. The van der Waals surface area contributed by atoms with Crippen LogP contribution in [0, 0.1) is 6.92 Å². The van der Waals surface area contributed by atoms with Crippen LogP contribution in [0.5, 0.6) is 0 Å². The highest BCUT2D eigenvalue weighted by Crippen LogP contribution is 2.22. The second-order valence-corrected chi connectivity index (χ2v) is 2.77. The minimum Gasteiger partial charge on any atom is -0.478 e. The van der Waals surface area contributed by atoms with Crippen molar-refractivity contribution in [3.63, 3.8) is 0 Å². The first-order valence-electron chi connectivity index (χ1n) is 3.75. The highest BCUT2D eigenvalue weighted by atomic mass is 19.1. The molecule has 3 N–H and O–H groups in total. The van der Waals surface area contributed by atoms with Gasteiger partial charge in [0.2, 0.25) is 0 Å². The summed E-state index contributed by atoms with van der Waals surface area (Å²) in [6.07, 6.45) is 0. The molecule has 3 nitrogen and oxygen atoms in total. The molecular formula is C9H10FNO2. The van der Waals surface area contributed by atoms with E-state index < -0.39 is 12.6 Å². The second kappa shape index (κ2) is 3.43. The Morgan fingerprint density at radius 3 is 2.69 bits per heavy atom. The van der Waals surface area contributed by atoms with Crippen LogP contribution in [0.15, 0.2) is 12.1 Å². The molecule has 0 bridgehead atoms. The monoisotopic (exact) mass is 183 g/mol. The van der Waals surface area contributed by atoms with Crippen molar-refractivity contribution < 1.29 is 14.3 Å². The van der Waals surface area contributed by atoms with E-state index in [-0.39, 0.29) is 16.8 Å². The fourth-order valence-electron chi connectivity index (χ4n) is 1.17. The zero-order valence-electron chi connectivity index (χ0n) is 7.17. The Hall–Kier alpha value is -1.58. The summed E-state index contributed by atoms with van der Waals surface area (Å²) in [6.45, 7) is 0.883. The molecule has 0 saturated heterocycles. The van der Waals surface area contributed by atoms with Gasteiger partial charge in [0.1, 0.15) is 6.67 Å². The lowest BCUT2D eigenvalue weighted by molar-refractivity contribution is 0.0697. The number of benzene rings is 1. The van der Waals surface area contributed by atoms with E-state index in [1.807, 2.05) is 0 Å². The van der Waals surface area contributed by atoms with Crippen LogP contribution >= 0.6 is 0 Å². The lowest BCUT2D eigenvalue weighted by Crippen LogP contribution is -2.07. The molecule has 1 aromatic carbocycles. The van der Waals surface area contributed by atoms with Crippen molar-refractivity contribution in [3.8, 4) is 0 Å². The molecule has 0 spiro atoms. The number of rotatable bonds is 2. The van der Waals surface area contributed by atoms with Gasteiger partial charge in [0.15, 0.2) is 0 Å². The van der Waals surface area contributed by atoms with Crippen molar-refractivity contribution >= 4 is 11.7 Å².